The number of hydrogen-bond donors (Lipinski definition) is 3. The number of ether oxygens (including phenoxy) is 1. The molecular formula is C30H32ClF3N2O8S. The van der Waals surface area contributed by atoms with Crippen LogP contribution in [0.25, 0.3) is 0 Å². The Morgan fingerprint density at radius 2 is 1.69 bits per heavy atom. The number of fused-ring (bicyclic) bond motifs is 2. The number of anilines is 1. The van der Waals surface area contributed by atoms with E-state index in [0.717, 1.165) is 6.07 Å². The highest BCUT2D eigenvalue weighted by Crippen LogP contribution is 2.54. The summed E-state index contributed by atoms with van der Waals surface area (Å²) in [7, 11) is -2.96. The highest BCUT2D eigenvalue weighted by Gasteiger charge is 2.56. The summed E-state index contributed by atoms with van der Waals surface area (Å²) in [5.41, 5.74) is -1.88. The average molecular weight is 673 g/mol. The van der Waals surface area contributed by atoms with Crippen molar-refractivity contribution in [3.8, 4) is 0 Å². The summed E-state index contributed by atoms with van der Waals surface area (Å²) in [6, 6.07) is 3.59. The Labute approximate surface area is 262 Å². The van der Waals surface area contributed by atoms with Crippen LogP contribution in [0.4, 0.5) is 23.7 Å². The third-order valence-corrected chi connectivity index (χ3v) is 12.1. The first-order valence-corrected chi connectivity index (χ1v) is 16.4. The molecule has 45 heavy (non-hydrogen) atoms. The van der Waals surface area contributed by atoms with Crippen molar-refractivity contribution in [2.75, 3.05) is 19.0 Å². The van der Waals surface area contributed by atoms with Gasteiger partial charge >= 0.3 is 6.09 Å². The number of methoxy groups -OCH3 is 1. The molecule has 5 rings (SSSR count). The second-order valence-corrected chi connectivity index (χ2v) is 14.5. The smallest absolute Gasteiger partial charge is 0.410 e. The Morgan fingerprint density at radius 1 is 1.07 bits per heavy atom. The fourth-order valence-corrected chi connectivity index (χ4v) is 9.50. The van der Waals surface area contributed by atoms with Crippen LogP contribution in [-0.2, 0) is 19.4 Å². The molecule has 2 aromatic carbocycles. The standard InChI is InChI=1S/C30H32ClF3N2O8S/c1-44-29(40)36-9-7-24(38)27(36)23(37)6-8-30(41)16-3-4-17(30)12-19(11-16)45(42,43)25-10-15(2-5-20(25)31)28(39)35-18-13-21(32)26(34)22(33)14-18/h2,5,10,13-14,16-17,19,24,27,38,41H,3-4,6-9,11-12H2,1H3,(H,35,39)/t16-,17?,19?,24+,27+,30?/m0/s1. The van der Waals surface area contributed by atoms with Crippen molar-refractivity contribution < 1.29 is 50.9 Å². The number of aliphatic hydroxyl groups excluding tert-OH is 1. The number of nitrogens with zero attached hydrogens (tertiary/aromatic N) is 1. The van der Waals surface area contributed by atoms with Crippen LogP contribution in [0.5, 0.6) is 0 Å². The van der Waals surface area contributed by atoms with E-state index >= 15 is 0 Å². The van der Waals surface area contributed by atoms with E-state index in [1.165, 1.54) is 24.1 Å². The van der Waals surface area contributed by atoms with E-state index in [0.29, 0.717) is 25.0 Å². The first-order chi connectivity index (χ1) is 21.2. The third-order valence-electron chi connectivity index (χ3n) is 9.43. The molecule has 0 spiro atoms. The molecule has 0 aromatic heterocycles. The lowest BCUT2D eigenvalue weighted by atomic mass is 9.71. The zero-order valence-corrected chi connectivity index (χ0v) is 25.7. The van der Waals surface area contributed by atoms with Crippen molar-refractivity contribution in [3.05, 3.63) is 58.4 Å². The molecule has 2 aromatic rings. The summed E-state index contributed by atoms with van der Waals surface area (Å²) in [5.74, 6) is -6.97. The molecule has 1 heterocycles. The van der Waals surface area contributed by atoms with Crippen LogP contribution in [-0.4, -0.2) is 78.0 Å². The van der Waals surface area contributed by atoms with Gasteiger partial charge in [-0.1, -0.05) is 11.6 Å². The molecule has 15 heteroatoms. The van der Waals surface area contributed by atoms with E-state index in [-0.39, 0.29) is 59.8 Å². The van der Waals surface area contributed by atoms with Gasteiger partial charge in [-0.15, -0.1) is 0 Å². The minimum Gasteiger partial charge on any atom is -0.453 e. The van der Waals surface area contributed by atoms with E-state index < -0.39 is 79.9 Å². The van der Waals surface area contributed by atoms with Crippen molar-refractivity contribution in [1.29, 1.82) is 0 Å². The highest BCUT2D eigenvalue weighted by molar-refractivity contribution is 7.92. The molecule has 3 aliphatic rings. The zero-order chi connectivity index (χ0) is 32.8. The van der Waals surface area contributed by atoms with Crippen LogP contribution in [0.15, 0.2) is 35.2 Å². The number of aliphatic hydroxyl groups is 2. The van der Waals surface area contributed by atoms with Gasteiger partial charge in [0.25, 0.3) is 5.91 Å². The number of rotatable bonds is 8. The molecule has 2 bridgehead atoms. The Kier molecular flexibility index (Phi) is 9.24. The summed E-state index contributed by atoms with van der Waals surface area (Å²) >= 11 is 6.28. The summed E-state index contributed by atoms with van der Waals surface area (Å²) in [5, 5.41) is 23.1. The Balaban J connectivity index is 1.29. The number of nitrogens with one attached hydrogen (secondary N) is 1. The van der Waals surface area contributed by atoms with Gasteiger partial charge in [0, 0.05) is 36.3 Å². The van der Waals surface area contributed by atoms with E-state index in [1.54, 1.807) is 0 Å². The third kappa shape index (κ3) is 6.17. The van der Waals surface area contributed by atoms with E-state index in [9.17, 15) is 46.2 Å². The number of ketones is 1. The monoisotopic (exact) mass is 672 g/mol. The Morgan fingerprint density at radius 3 is 2.29 bits per heavy atom. The van der Waals surface area contributed by atoms with Crippen molar-refractivity contribution in [2.45, 2.75) is 72.8 Å². The van der Waals surface area contributed by atoms with Crippen LogP contribution in [0, 0.1) is 29.3 Å². The van der Waals surface area contributed by atoms with Crippen LogP contribution in [0.2, 0.25) is 5.02 Å². The number of halogens is 4. The predicted molar refractivity (Wildman–Crippen MR) is 155 cm³/mol. The number of Topliss-reactive ketones (excluding diaryl/α,β-unsaturated/α-hetero) is 1. The molecule has 0 radical (unpaired) electrons. The summed E-state index contributed by atoms with van der Waals surface area (Å²) in [4.78, 5) is 38.8. The van der Waals surface area contributed by atoms with Crippen LogP contribution >= 0.6 is 11.6 Å². The molecule has 10 nitrogen and oxygen atoms in total. The van der Waals surface area contributed by atoms with Gasteiger partial charge in [0.1, 0.15) is 6.04 Å². The minimum atomic E-state index is -4.14. The normalized spacial score (nSPS) is 27.8. The van der Waals surface area contributed by atoms with E-state index in [1.807, 2.05) is 0 Å². The van der Waals surface area contributed by atoms with Crippen molar-refractivity contribution >= 4 is 44.9 Å². The molecule has 6 atom stereocenters. The largest absolute Gasteiger partial charge is 0.453 e. The zero-order valence-electron chi connectivity index (χ0n) is 24.1. The Hall–Kier alpha value is -3.20. The van der Waals surface area contributed by atoms with Crippen LogP contribution in [0.1, 0.15) is 55.3 Å². The topological polar surface area (TPSA) is 150 Å². The number of carbonyl (C=O) groups is 3. The number of hydrogen-bond acceptors (Lipinski definition) is 8. The fourth-order valence-electron chi connectivity index (χ4n) is 7.10. The lowest BCUT2D eigenvalue weighted by molar-refractivity contribution is -0.128. The number of sulfone groups is 1. The molecular weight excluding hydrogens is 641 g/mol. The molecule has 244 valence electrons. The van der Waals surface area contributed by atoms with Gasteiger partial charge in [0.05, 0.1) is 34.0 Å². The number of likely N-dealkylation sites (tertiary alicyclic amines) is 1. The van der Waals surface area contributed by atoms with Crippen LogP contribution in [0.3, 0.4) is 0 Å². The van der Waals surface area contributed by atoms with Crippen molar-refractivity contribution in [2.24, 2.45) is 11.8 Å². The van der Waals surface area contributed by atoms with Gasteiger partial charge in [-0.05, 0) is 68.6 Å². The summed E-state index contributed by atoms with van der Waals surface area (Å²) < 4.78 is 72.9. The molecule has 1 aliphatic heterocycles. The SMILES string of the molecule is COC(=O)N1CC[C@@H](O)[C@H]1C(=O)CCC1(O)C2CC[C@H]1CC(S(=O)(=O)c1cc(C(=O)Nc3cc(F)c(F)c(F)c3)ccc1Cl)C2. The highest BCUT2D eigenvalue weighted by atomic mass is 35.5. The van der Waals surface area contributed by atoms with Gasteiger partial charge < -0.3 is 20.3 Å². The van der Waals surface area contributed by atoms with E-state index in [4.69, 9.17) is 16.3 Å². The Bertz CT molecular complexity index is 1600. The van der Waals surface area contributed by atoms with Crippen molar-refractivity contribution in [3.63, 3.8) is 0 Å². The number of carbonyl (C=O) groups excluding carboxylic acids is 3. The molecule has 3 N–H and O–H groups in total. The lowest BCUT2D eigenvalue weighted by Gasteiger charge is -2.43. The second-order valence-electron chi connectivity index (χ2n) is 11.9. The lowest BCUT2D eigenvalue weighted by Crippen LogP contribution is -2.50. The molecule has 2 amide bonds. The van der Waals surface area contributed by atoms with Crippen LogP contribution < -0.4 is 5.32 Å². The maximum Gasteiger partial charge on any atom is 0.410 e. The molecule has 2 aliphatic carbocycles. The predicted octanol–water partition coefficient (Wildman–Crippen LogP) is 4.25. The first kappa shape index (κ1) is 33.2. The summed E-state index contributed by atoms with van der Waals surface area (Å²) in [6.07, 6.45) is -0.443. The molecule has 1 saturated heterocycles. The average Bonchev–Trinajstić information content (AvgIpc) is 3.41. The molecule has 3 unspecified atom stereocenters. The van der Waals surface area contributed by atoms with Gasteiger partial charge in [-0.25, -0.2) is 26.4 Å². The quantitative estimate of drug-likeness (QED) is 0.352. The fraction of sp³-hybridized carbons (Fsp3) is 0.500. The molecule has 2 saturated carbocycles. The number of benzene rings is 2. The van der Waals surface area contributed by atoms with Gasteiger partial charge in [-0.3, -0.25) is 14.5 Å². The van der Waals surface area contributed by atoms with Gasteiger partial charge in [0.2, 0.25) is 0 Å². The maximum atomic E-state index is 13.8. The minimum absolute atomic E-state index is 0.0349. The maximum absolute atomic E-state index is 13.8. The van der Waals surface area contributed by atoms with Crippen molar-refractivity contribution in [1.82, 2.24) is 4.90 Å². The van der Waals surface area contributed by atoms with Gasteiger partial charge in [-0.2, -0.15) is 0 Å². The second kappa shape index (κ2) is 12.5. The molecule has 3 fully saturated rings. The number of amides is 2. The van der Waals surface area contributed by atoms with Gasteiger partial charge in [0.15, 0.2) is 33.1 Å². The first-order valence-electron chi connectivity index (χ1n) is 14.4. The summed E-state index contributed by atoms with van der Waals surface area (Å²) in [6.45, 7) is 0.161. The van der Waals surface area contributed by atoms with E-state index in [2.05, 4.69) is 5.32 Å².